The number of benzene rings is 1. The summed E-state index contributed by atoms with van der Waals surface area (Å²) in [6, 6.07) is 7.30. The van der Waals surface area contributed by atoms with Gasteiger partial charge in [-0.25, -0.2) is 8.78 Å². The van der Waals surface area contributed by atoms with Crippen LogP contribution >= 0.6 is 0 Å². The van der Waals surface area contributed by atoms with Gasteiger partial charge in [-0.05, 0) is 42.7 Å². The molecule has 0 amide bonds. The molecule has 19 heavy (non-hydrogen) atoms. The largest absolute Gasteiger partial charge is 0.271 e. The fourth-order valence-corrected chi connectivity index (χ4v) is 1.97. The van der Waals surface area contributed by atoms with Crippen LogP contribution in [0, 0.1) is 11.6 Å². The van der Waals surface area contributed by atoms with Gasteiger partial charge in [0.1, 0.15) is 11.6 Å². The molecule has 3 nitrogen and oxygen atoms in total. The summed E-state index contributed by atoms with van der Waals surface area (Å²) >= 11 is 0. The van der Waals surface area contributed by atoms with Gasteiger partial charge in [0.15, 0.2) is 0 Å². The van der Waals surface area contributed by atoms with Crippen LogP contribution in [-0.2, 0) is 12.8 Å². The van der Waals surface area contributed by atoms with E-state index in [2.05, 4.69) is 10.4 Å². The number of hydrazine groups is 1. The molecule has 0 saturated heterocycles. The monoisotopic (exact) mass is 263 g/mol. The van der Waals surface area contributed by atoms with Gasteiger partial charge in [0.25, 0.3) is 0 Å². The number of aromatic nitrogens is 1. The predicted molar refractivity (Wildman–Crippen MR) is 69.1 cm³/mol. The third-order valence-corrected chi connectivity index (χ3v) is 2.98. The number of nitrogens with two attached hydrogens (primary N) is 1. The Kier molecular flexibility index (Phi) is 4.54. The van der Waals surface area contributed by atoms with Crippen molar-refractivity contribution in [3.63, 3.8) is 0 Å². The van der Waals surface area contributed by atoms with Gasteiger partial charge in [0, 0.05) is 24.0 Å². The minimum Gasteiger partial charge on any atom is -0.271 e. The number of rotatable bonds is 5. The second-order valence-electron chi connectivity index (χ2n) is 4.33. The molecule has 0 spiro atoms. The molecule has 0 aliphatic heterocycles. The lowest BCUT2D eigenvalue weighted by molar-refractivity contribution is 0.484. The minimum absolute atomic E-state index is 0.0551. The molecular formula is C14H15F2N3. The van der Waals surface area contributed by atoms with Crippen LogP contribution in [0.2, 0.25) is 0 Å². The number of nitrogens with zero attached hydrogens (tertiary/aromatic N) is 1. The van der Waals surface area contributed by atoms with Crippen molar-refractivity contribution in [1.82, 2.24) is 10.4 Å². The lowest BCUT2D eigenvalue weighted by Gasteiger charge is -2.16. The standard InChI is InChI=1S/C14H15F2N3/c15-13-2-1-3-14(16)12(13)9-11(19-17)8-10-4-6-18-7-5-10/h1-7,11,19H,8-9,17H2. The van der Waals surface area contributed by atoms with Crippen LogP contribution in [0.25, 0.3) is 0 Å². The summed E-state index contributed by atoms with van der Waals surface area (Å²) in [5.41, 5.74) is 3.66. The molecule has 0 radical (unpaired) electrons. The highest BCUT2D eigenvalue weighted by molar-refractivity contribution is 5.22. The van der Waals surface area contributed by atoms with Gasteiger partial charge < -0.3 is 0 Å². The van der Waals surface area contributed by atoms with Crippen molar-refractivity contribution < 1.29 is 8.78 Å². The van der Waals surface area contributed by atoms with E-state index in [1.165, 1.54) is 18.2 Å². The molecule has 3 N–H and O–H groups in total. The van der Waals surface area contributed by atoms with Crippen molar-refractivity contribution in [2.45, 2.75) is 18.9 Å². The van der Waals surface area contributed by atoms with Crippen molar-refractivity contribution in [2.75, 3.05) is 0 Å². The van der Waals surface area contributed by atoms with Crippen LogP contribution < -0.4 is 11.3 Å². The Bertz CT molecular complexity index is 511. The first-order valence-corrected chi connectivity index (χ1v) is 5.98. The smallest absolute Gasteiger partial charge is 0.129 e. The van der Waals surface area contributed by atoms with E-state index in [1.807, 2.05) is 12.1 Å². The maximum Gasteiger partial charge on any atom is 0.129 e. The van der Waals surface area contributed by atoms with Crippen LogP contribution in [0.15, 0.2) is 42.7 Å². The molecule has 2 rings (SSSR count). The SMILES string of the molecule is NNC(Cc1ccncc1)Cc1c(F)cccc1F. The Morgan fingerprint density at radius 3 is 2.26 bits per heavy atom. The zero-order valence-electron chi connectivity index (χ0n) is 10.3. The van der Waals surface area contributed by atoms with E-state index in [-0.39, 0.29) is 18.0 Å². The van der Waals surface area contributed by atoms with E-state index in [1.54, 1.807) is 12.4 Å². The summed E-state index contributed by atoms with van der Waals surface area (Å²) in [6.07, 6.45) is 4.11. The molecule has 0 bridgehead atoms. The summed E-state index contributed by atoms with van der Waals surface area (Å²) in [6.45, 7) is 0. The van der Waals surface area contributed by atoms with Crippen LogP contribution in [0.3, 0.4) is 0 Å². The van der Waals surface area contributed by atoms with Gasteiger partial charge in [-0.3, -0.25) is 16.3 Å². The maximum absolute atomic E-state index is 13.6. The Hall–Kier alpha value is -1.85. The third-order valence-electron chi connectivity index (χ3n) is 2.98. The quantitative estimate of drug-likeness (QED) is 0.640. The van der Waals surface area contributed by atoms with Crippen molar-refractivity contribution in [2.24, 2.45) is 5.84 Å². The molecule has 2 aromatic rings. The average Bonchev–Trinajstić information content (AvgIpc) is 2.43. The summed E-state index contributed by atoms with van der Waals surface area (Å²) in [7, 11) is 0. The number of nitrogens with one attached hydrogen (secondary N) is 1. The topological polar surface area (TPSA) is 50.9 Å². The van der Waals surface area contributed by atoms with Gasteiger partial charge in [0.05, 0.1) is 0 Å². The van der Waals surface area contributed by atoms with Crippen LogP contribution in [0.4, 0.5) is 8.78 Å². The van der Waals surface area contributed by atoms with Crippen molar-refractivity contribution in [3.05, 3.63) is 65.5 Å². The van der Waals surface area contributed by atoms with E-state index >= 15 is 0 Å². The Labute approximate surface area is 110 Å². The molecule has 0 aliphatic carbocycles. The van der Waals surface area contributed by atoms with E-state index in [4.69, 9.17) is 5.84 Å². The first-order chi connectivity index (χ1) is 9.20. The number of hydrogen-bond donors (Lipinski definition) is 2. The number of halogens is 2. The molecule has 1 aromatic carbocycles. The fourth-order valence-electron chi connectivity index (χ4n) is 1.97. The second-order valence-corrected chi connectivity index (χ2v) is 4.33. The van der Waals surface area contributed by atoms with Crippen LogP contribution in [0.1, 0.15) is 11.1 Å². The summed E-state index contributed by atoms with van der Waals surface area (Å²) in [4.78, 5) is 3.92. The van der Waals surface area contributed by atoms with Crippen molar-refractivity contribution in [3.8, 4) is 0 Å². The summed E-state index contributed by atoms with van der Waals surface area (Å²) < 4.78 is 27.1. The summed E-state index contributed by atoms with van der Waals surface area (Å²) in [5.74, 6) is 4.37. The highest BCUT2D eigenvalue weighted by atomic mass is 19.1. The molecule has 1 aromatic heterocycles. The van der Waals surface area contributed by atoms with E-state index in [9.17, 15) is 8.78 Å². The molecule has 0 aliphatic rings. The molecule has 5 heteroatoms. The molecule has 1 unspecified atom stereocenters. The molecular weight excluding hydrogens is 248 g/mol. The predicted octanol–water partition coefficient (Wildman–Crippen LogP) is 1.98. The van der Waals surface area contributed by atoms with Crippen LogP contribution in [0.5, 0.6) is 0 Å². The Morgan fingerprint density at radius 1 is 1.05 bits per heavy atom. The number of hydrogen-bond acceptors (Lipinski definition) is 3. The fraction of sp³-hybridized carbons (Fsp3) is 0.214. The molecule has 1 atom stereocenters. The van der Waals surface area contributed by atoms with Crippen molar-refractivity contribution in [1.29, 1.82) is 0 Å². The first kappa shape index (κ1) is 13.6. The second kappa shape index (κ2) is 6.36. The van der Waals surface area contributed by atoms with Gasteiger partial charge in [0.2, 0.25) is 0 Å². The van der Waals surface area contributed by atoms with Gasteiger partial charge in [-0.1, -0.05) is 6.07 Å². The lowest BCUT2D eigenvalue weighted by atomic mass is 9.99. The van der Waals surface area contributed by atoms with E-state index < -0.39 is 11.6 Å². The molecule has 0 saturated carbocycles. The minimum atomic E-state index is -0.546. The highest BCUT2D eigenvalue weighted by Crippen LogP contribution is 2.15. The van der Waals surface area contributed by atoms with E-state index in [0.29, 0.717) is 6.42 Å². The first-order valence-electron chi connectivity index (χ1n) is 5.98. The molecule has 0 fully saturated rings. The lowest BCUT2D eigenvalue weighted by Crippen LogP contribution is -2.38. The van der Waals surface area contributed by atoms with Gasteiger partial charge >= 0.3 is 0 Å². The average molecular weight is 263 g/mol. The number of pyridine rings is 1. The van der Waals surface area contributed by atoms with Gasteiger partial charge in [-0.2, -0.15) is 0 Å². The summed E-state index contributed by atoms with van der Waals surface area (Å²) in [5, 5.41) is 0. The van der Waals surface area contributed by atoms with Crippen molar-refractivity contribution >= 4 is 0 Å². The molecule has 1 heterocycles. The molecule has 100 valence electrons. The third kappa shape index (κ3) is 3.56. The van der Waals surface area contributed by atoms with Gasteiger partial charge in [-0.15, -0.1) is 0 Å². The highest BCUT2D eigenvalue weighted by Gasteiger charge is 2.15. The maximum atomic E-state index is 13.6. The Morgan fingerprint density at radius 2 is 1.68 bits per heavy atom. The van der Waals surface area contributed by atoms with E-state index in [0.717, 1.165) is 5.56 Å². The van der Waals surface area contributed by atoms with Crippen LogP contribution in [-0.4, -0.2) is 11.0 Å². The Balaban J connectivity index is 2.11. The zero-order chi connectivity index (χ0) is 13.7. The normalized spacial score (nSPS) is 12.4. The zero-order valence-corrected chi connectivity index (χ0v) is 10.3.